The van der Waals surface area contributed by atoms with Crippen molar-refractivity contribution < 1.29 is 9.21 Å². The van der Waals surface area contributed by atoms with Gasteiger partial charge in [-0.2, -0.15) is 0 Å². The molecule has 0 aliphatic heterocycles. The number of benzene rings is 1. The Kier molecular flexibility index (Phi) is 7.07. The maximum atomic E-state index is 11.8. The molecule has 0 radical (unpaired) electrons. The van der Waals surface area contributed by atoms with Gasteiger partial charge >= 0.3 is 0 Å². The zero-order valence-electron chi connectivity index (χ0n) is 15.1. The highest BCUT2D eigenvalue weighted by molar-refractivity contribution is 5.84. The summed E-state index contributed by atoms with van der Waals surface area (Å²) in [5.74, 6) is 1.59. The van der Waals surface area contributed by atoms with Crippen LogP contribution in [0.25, 0.3) is 0 Å². The summed E-state index contributed by atoms with van der Waals surface area (Å²) in [7, 11) is 5.43. The number of guanidine groups is 1. The molecule has 0 fully saturated rings. The highest BCUT2D eigenvalue weighted by Gasteiger charge is 2.10. The molecule has 0 spiro atoms. The topological polar surface area (TPSA) is 61.1 Å². The number of amides is 1. The molecule has 0 saturated heterocycles. The number of carbonyl (C=O) groups is 1. The molecule has 1 aromatic heterocycles. The van der Waals surface area contributed by atoms with E-state index in [1.165, 1.54) is 5.56 Å². The van der Waals surface area contributed by atoms with E-state index in [1.807, 2.05) is 42.3 Å². The first-order chi connectivity index (χ1) is 12.1. The van der Waals surface area contributed by atoms with Crippen LogP contribution in [0.2, 0.25) is 0 Å². The first-order valence-electron chi connectivity index (χ1n) is 8.32. The molecule has 6 nitrogen and oxygen atoms in total. The SMILES string of the molecule is CN(C)C(=O)CN=C(NCCc1ccco1)N(C)Cc1ccccc1. The highest BCUT2D eigenvalue weighted by Crippen LogP contribution is 2.04. The van der Waals surface area contributed by atoms with Crippen LogP contribution in [-0.4, -0.2) is 55.9 Å². The quantitative estimate of drug-likeness (QED) is 0.617. The molecule has 6 heteroatoms. The predicted molar refractivity (Wildman–Crippen MR) is 99.3 cm³/mol. The summed E-state index contributed by atoms with van der Waals surface area (Å²) in [6.07, 6.45) is 2.43. The Balaban J connectivity index is 1.99. The second kappa shape index (κ2) is 9.52. The lowest BCUT2D eigenvalue weighted by molar-refractivity contribution is -0.127. The molecule has 1 N–H and O–H groups in total. The third kappa shape index (κ3) is 6.33. The Morgan fingerprint density at radius 3 is 2.52 bits per heavy atom. The minimum absolute atomic E-state index is 0.0292. The molecular formula is C19H26N4O2. The standard InChI is InChI=1S/C19H26N4O2/c1-22(2)18(24)14-21-19(20-12-11-17-10-7-13-25-17)23(3)15-16-8-5-4-6-9-16/h4-10,13H,11-12,14-15H2,1-3H3,(H,20,21). The van der Waals surface area contributed by atoms with E-state index >= 15 is 0 Å². The van der Waals surface area contributed by atoms with Crippen molar-refractivity contribution in [2.45, 2.75) is 13.0 Å². The van der Waals surface area contributed by atoms with Gasteiger partial charge in [0.1, 0.15) is 12.3 Å². The largest absolute Gasteiger partial charge is 0.469 e. The summed E-state index contributed by atoms with van der Waals surface area (Å²) in [5.41, 5.74) is 1.18. The van der Waals surface area contributed by atoms with Crippen LogP contribution >= 0.6 is 0 Å². The number of carbonyl (C=O) groups excluding carboxylic acids is 1. The van der Waals surface area contributed by atoms with Gasteiger partial charge in [-0.3, -0.25) is 4.79 Å². The normalized spacial score (nSPS) is 11.2. The predicted octanol–water partition coefficient (Wildman–Crippen LogP) is 1.99. The molecule has 25 heavy (non-hydrogen) atoms. The molecule has 134 valence electrons. The Labute approximate surface area is 149 Å². The van der Waals surface area contributed by atoms with Crippen LogP contribution in [0, 0.1) is 0 Å². The summed E-state index contributed by atoms with van der Waals surface area (Å²) in [6, 6.07) is 14.0. The first kappa shape index (κ1) is 18.6. The maximum absolute atomic E-state index is 11.8. The number of furan rings is 1. The molecule has 0 atom stereocenters. The Hall–Kier alpha value is -2.76. The summed E-state index contributed by atoms with van der Waals surface area (Å²) in [4.78, 5) is 19.9. The van der Waals surface area contributed by atoms with Gasteiger partial charge in [0.15, 0.2) is 5.96 Å². The van der Waals surface area contributed by atoms with Crippen molar-refractivity contribution in [1.29, 1.82) is 0 Å². The number of nitrogens with zero attached hydrogens (tertiary/aromatic N) is 3. The minimum atomic E-state index is -0.0292. The number of hydrogen-bond acceptors (Lipinski definition) is 3. The fourth-order valence-electron chi connectivity index (χ4n) is 2.28. The fourth-order valence-corrected chi connectivity index (χ4v) is 2.28. The van der Waals surface area contributed by atoms with Gasteiger partial charge in [0.2, 0.25) is 5.91 Å². The van der Waals surface area contributed by atoms with Crippen LogP contribution in [0.5, 0.6) is 0 Å². The number of rotatable bonds is 7. The van der Waals surface area contributed by atoms with E-state index in [0.29, 0.717) is 19.0 Å². The van der Waals surface area contributed by atoms with Gasteiger partial charge in [0.25, 0.3) is 0 Å². The van der Waals surface area contributed by atoms with Crippen molar-refractivity contribution in [3.05, 3.63) is 60.1 Å². The monoisotopic (exact) mass is 342 g/mol. The molecule has 1 aromatic carbocycles. The van der Waals surface area contributed by atoms with E-state index in [-0.39, 0.29) is 12.5 Å². The van der Waals surface area contributed by atoms with Crippen LogP contribution in [0.3, 0.4) is 0 Å². The lowest BCUT2D eigenvalue weighted by Gasteiger charge is -2.23. The van der Waals surface area contributed by atoms with E-state index in [2.05, 4.69) is 22.4 Å². The van der Waals surface area contributed by atoms with Crippen LogP contribution in [-0.2, 0) is 17.8 Å². The molecule has 1 heterocycles. The second-order valence-corrected chi connectivity index (χ2v) is 6.03. The second-order valence-electron chi connectivity index (χ2n) is 6.03. The van der Waals surface area contributed by atoms with Crippen LogP contribution in [0.1, 0.15) is 11.3 Å². The van der Waals surface area contributed by atoms with Crippen LogP contribution in [0.15, 0.2) is 58.1 Å². The Morgan fingerprint density at radius 2 is 1.88 bits per heavy atom. The maximum Gasteiger partial charge on any atom is 0.243 e. The molecule has 0 unspecified atom stereocenters. The van der Waals surface area contributed by atoms with E-state index in [1.54, 1.807) is 25.3 Å². The van der Waals surface area contributed by atoms with Crippen molar-refractivity contribution in [3.8, 4) is 0 Å². The van der Waals surface area contributed by atoms with Crippen molar-refractivity contribution in [1.82, 2.24) is 15.1 Å². The van der Waals surface area contributed by atoms with Gasteiger partial charge in [0, 0.05) is 40.7 Å². The first-order valence-corrected chi connectivity index (χ1v) is 8.32. The highest BCUT2D eigenvalue weighted by atomic mass is 16.3. The lowest BCUT2D eigenvalue weighted by Crippen LogP contribution is -2.40. The summed E-state index contributed by atoms with van der Waals surface area (Å²) >= 11 is 0. The van der Waals surface area contributed by atoms with Crippen molar-refractivity contribution in [2.24, 2.45) is 4.99 Å². The van der Waals surface area contributed by atoms with Gasteiger partial charge < -0.3 is 19.5 Å². The fraction of sp³-hybridized carbons (Fsp3) is 0.368. The molecule has 2 aromatic rings. The van der Waals surface area contributed by atoms with Crippen molar-refractivity contribution in [3.63, 3.8) is 0 Å². The summed E-state index contributed by atoms with van der Waals surface area (Å²) in [5, 5.41) is 3.32. The Bertz CT molecular complexity index is 666. The summed E-state index contributed by atoms with van der Waals surface area (Å²) in [6.45, 7) is 1.51. The van der Waals surface area contributed by atoms with Crippen molar-refractivity contribution in [2.75, 3.05) is 34.2 Å². The van der Waals surface area contributed by atoms with E-state index in [0.717, 1.165) is 12.2 Å². The number of likely N-dealkylation sites (N-methyl/N-ethyl adjacent to an activating group) is 1. The van der Waals surface area contributed by atoms with Gasteiger partial charge in [-0.25, -0.2) is 4.99 Å². The van der Waals surface area contributed by atoms with E-state index in [4.69, 9.17) is 4.42 Å². The molecule has 2 rings (SSSR count). The number of hydrogen-bond donors (Lipinski definition) is 1. The van der Waals surface area contributed by atoms with Crippen LogP contribution in [0.4, 0.5) is 0 Å². The average Bonchev–Trinajstić information content (AvgIpc) is 3.11. The minimum Gasteiger partial charge on any atom is -0.469 e. The smallest absolute Gasteiger partial charge is 0.243 e. The third-order valence-corrected chi connectivity index (χ3v) is 3.72. The Morgan fingerprint density at radius 1 is 1.12 bits per heavy atom. The van der Waals surface area contributed by atoms with Crippen molar-refractivity contribution >= 4 is 11.9 Å². The van der Waals surface area contributed by atoms with Gasteiger partial charge in [0.05, 0.1) is 6.26 Å². The zero-order valence-corrected chi connectivity index (χ0v) is 15.1. The molecular weight excluding hydrogens is 316 g/mol. The van der Waals surface area contributed by atoms with E-state index < -0.39 is 0 Å². The molecule has 0 aliphatic rings. The summed E-state index contributed by atoms with van der Waals surface area (Å²) < 4.78 is 5.35. The van der Waals surface area contributed by atoms with Gasteiger partial charge in [-0.15, -0.1) is 0 Å². The third-order valence-electron chi connectivity index (χ3n) is 3.72. The number of aliphatic imine (C=N–C) groups is 1. The molecule has 0 bridgehead atoms. The van der Waals surface area contributed by atoms with E-state index in [9.17, 15) is 4.79 Å². The number of nitrogens with one attached hydrogen (secondary N) is 1. The van der Waals surface area contributed by atoms with Gasteiger partial charge in [-0.05, 0) is 17.7 Å². The lowest BCUT2D eigenvalue weighted by atomic mass is 10.2. The molecule has 0 aliphatic carbocycles. The van der Waals surface area contributed by atoms with Gasteiger partial charge in [-0.1, -0.05) is 30.3 Å². The van der Waals surface area contributed by atoms with Crippen LogP contribution < -0.4 is 5.32 Å². The molecule has 0 saturated carbocycles. The zero-order chi connectivity index (χ0) is 18.1. The molecule has 1 amide bonds. The average molecular weight is 342 g/mol.